The van der Waals surface area contributed by atoms with Gasteiger partial charge < -0.3 is 9.84 Å². The van der Waals surface area contributed by atoms with Crippen molar-refractivity contribution >= 4 is 5.97 Å². The van der Waals surface area contributed by atoms with Crippen LogP contribution in [0.1, 0.15) is 32.6 Å². The number of carboxylic acids is 1. The van der Waals surface area contributed by atoms with Crippen molar-refractivity contribution in [1.29, 1.82) is 0 Å². The highest BCUT2D eigenvalue weighted by molar-refractivity contribution is 5.70. The Kier molecular flexibility index (Phi) is 3.53. The average molecular weight is 172 g/mol. The lowest BCUT2D eigenvalue weighted by atomic mass is 9.94. The Hall–Kier alpha value is -0.570. The predicted molar refractivity (Wildman–Crippen MR) is 45.0 cm³/mol. The van der Waals surface area contributed by atoms with E-state index < -0.39 is 5.97 Å². The second-order valence-corrected chi connectivity index (χ2v) is 3.34. The minimum absolute atomic E-state index is 0.171. The standard InChI is InChI=1S/C9H16O3/c1-2-3-8-6-7(9(10)11)4-5-12-8/h7-8H,2-6H2,1H3,(H,10,11)/t7-,8-/m1/s1. The zero-order chi connectivity index (χ0) is 8.97. The van der Waals surface area contributed by atoms with E-state index >= 15 is 0 Å². The molecule has 0 aromatic heterocycles. The summed E-state index contributed by atoms with van der Waals surface area (Å²) in [5.41, 5.74) is 0. The molecule has 0 spiro atoms. The normalized spacial score (nSPS) is 30.1. The quantitative estimate of drug-likeness (QED) is 0.704. The summed E-state index contributed by atoms with van der Waals surface area (Å²) >= 11 is 0. The lowest BCUT2D eigenvalue weighted by Crippen LogP contribution is -2.29. The zero-order valence-electron chi connectivity index (χ0n) is 7.45. The largest absolute Gasteiger partial charge is 0.481 e. The first-order valence-corrected chi connectivity index (χ1v) is 4.58. The van der Waals surface area contributed by atoms with E-state index in [2.05, 4.69) is 6.92 Å². The van der Waals surface area contributed by atoms with Crippen molar-refractivity contribution in [3.05, 3.63) is 0 Å². The van der Waals surface area contributed by atoms with Crippen LogP contribution < -0.4 is 0 Å². The first kappa shape index (κ1) is 9.52. The second-order valence-electron chi connectivity index (χ2n) is 3.34. The summed E-state index contributed by atoms with van der Waals surface area (Å²) in [5.74, 6) is -0.838. The molecule has 12 heavy (non-hydrogen) atoms. The van der Waals surface area contributed by atoms with Gasteiger partial charge in [0.2, 0.25) is 0 Å². The molecule has 3 heteroatoms. The van der Waals surface area contributed by atoms with Gasteiger partial charge in [0.05, 0.1) is 12.0 Å². The van der Waals surface area contributed by atoms with E-state index in [1.165, 1.54) is 0 Å². The maximum atomic E-state index is 10.6. The molecule has 0 aliphatic carbocycles. The fourth-order valence-corrected chi connectivity index (χ4v) is 1.63. The topological polar surface area (TPSA) is 46.5 Å². The Morgan fingerprint density at radius 1 is 1.67 bits per heavy atom. The number of carboxylic acid groups (broad SMARTS) is 1. The van der Waals surface area contributed by atoms with Gasteiger partial charge in [-0.3, -0.25) is 4.79 Å². The highest BCUT2D eigenvalue weighted by atomic mass is 16.5. The maximum absolute atomic E-state index is 10.6. The average Bonchev–Trinajstić information content (AvgIpc) is 2.05. The molecule has 0 saturated carbocycles. The molecule has 1 aliphatic heterocycles. The van der Waals surface area contributed by atoms with Gasteiger partial charge in [-0.15, -0.1) is 0 Å². The lowest BCUT2D eigenvalue weighted by molar-refractivity contribution is -0.147. The first-order valence-electron chi connectivity index (χ1n) is 4.58. The van der Waals surface area contributed by atoms with Crippen LogP contribution in [0.4, 0.5) is 0 Å². The molecule has 1 fully saturated rings. The predicted octanol–water partition coefficient (Wildman–Crippen LogP) is 1.67. The zero-order valence-corrected chi connectivity index (χ0v) is 7.45. The fourth-order valence-electron chi connectivity index (χ4n) is 1.63. The van der Waals surface area contributed by atoms with Crippen molar-refractivity contribution in [2.75, 3.05) is 6.61 Å². The van der Waals surface area contributed by atoms with E-state index in [4.69, 9.17) is 9.84 Å². The summed E-state index contributed by atoms with van der Waals surface area (Å²) < 4.78 is 5.44. The number of rotatable bonds is 3. The minimum Gasteiger partial charge on any atom is -0.481 e. The van der Waals surface area contributed by atoms with Crippen LogP contribution in [0.25, 0.3) is 0 Å². The Morgan fingerprint density at radius 2 is 2.42 bits per heavy atom. The monoisotopic (exact) mass is 172 g/mol. The molecular formula is C9H16O3. The summed E-state index contributed by atoms with van der Waals surface area (Å²) in [7, 11) is 0. The van der Waals surface area contributed by atoms with Crippen LogP contribution >= 0.6 is 0 Å². The molecule has 0 amide bonds. The molecule has 1 heterocycles. The van der Waals surface area contributed by atoms with Gasteiger partial charge in [0.1, 0.15) is 0 Å². The van der Waals surface area contributed by atoms with E-state index in [1.807, 2.05) is 0 Å². The SMILES string of the molecule is CCC[C@@H]1C[C@H](C(=O)O)CCO1. The van der Waals surface area contributed by atoms with Gasteiger partial charge in [-0.2, -0.15) is 0 Å². The van der Waals surface area contributed by atoms with Crippen LogP contribution in [0, 0.1) is 5.92 Å². The van der Waals surface area contributed by atoms with Crippen molar-refractivity contribution in [2.45, 2.75) is 38.7 Å². The van der Waals surface area contributed by atoms with Gasteiger partial charge in [0, 0.05) is 6.61 Å². The maximum Gasteiger partial charge on any atom is 0.306 e. The van der Waals surface area contributed by atoms with Crippen molar-refractivity contribution in [3.8, 4) is 0 Å². The number of hydrogen-bond donors (Lipinski definition) is 1. The molecule has 70 valence electrons. The molecule has 1 N–H and O–H groups in total. The first-order chi connectivity index (χ1) is 5.74. The molecule has 0 aromatic carbocycles. The van der Waals surface area contributed by atoms with E-state index in [1.54, 1.807) is 0 Å². The van der Waals surface area contributed by atoms with Crippen molar-refractivity contribution in [3.63, 3.8) is 0 Å². The number of ether oxygens (including phenoxy) is 1. The smallest absolute Gasteiger partial charge is 0.306 e. The number of hydrogen-bond acceptors (Lipinski definition) is 2. The molecule has 2 atom stereocenters. The lowest BCUT2D eigenvalue weighted by Gasteiger charge is -2.26. The van der Waals surface area contributed by atoms with Gasteiger partial charge in [0.25, 0.3) is 0 Å². The molecule has 0 aromatic rings. The summed E-state index contributed by atoms with van der Waals surface area (Å²) in [5, 5.41) is 8.77. The summed E-state index contributed by atoms with van der Waals surface area (Å²) in [4.78, 5) is 10.6. The van der Waals surface area contributed by atoms with E-state index in [-0.39, 0.29) is 12.0 Å². The molecule has 0 bridgehead atoms. The molecule has 0 radical (unpaired) electrons. The Labute approximate surface area is 72.7 Å². The van der Waals surface area contributed by atoms with Crippen LogP contribution in [0.2, 0.25) is 0 Å². The molecular weight excluding hydrogens is 156 g/mol. The van der Waals surface area contributed by atoms with Crippen LogP contribution in [-0.2, 0) is 9.53 Å². The summed E-state index contributed by atoms with van der Waals surface area (Å²) in [6.07, 6.45) is 3.62. The van der Waals surface area contributed by atoms with Gasteiger partial charge in [-0.1, -0.05) is 13.3 Å². The van der Waals surface area contributed by atoms with Gasteiger partial charge in [-0.05, 0) is 19.3 Å². The van der Waals surface area contributed by atoms with Crippen LogP contribution in [0.5, 0.6) is 0 Å². The van der Waals surface area contributed by atoms with E-state index in [0.29, 0.717) is 19.4 Å². The molecule has 1 rings (SSSR count). The van der Waals surface area contributed by atoms with E-state index in [9.17, 15) is 4.79 Å². The van der Waals surface area contributed by atoms with Gasteiger partial charge in [0.15, 0.2) is 0 Å². The number of aliphatic carboxylic acids is 1. The number of carbonyl (C=O) groups is 1. The molecule has 1 saturated heterocycles. The Balaban J connectivity index is 2.35. The summed E-state index contributed by atoms with van der Waals surface area (Å²) in [6, 6.07) is 0. The third-order valence-electron chi connectivity index (χ3n) is 2.33. The highest BCUT2D eigenvalue weighted by Crippen LogP contribution is 2.22. The third-order valence-corrected chi connectivity index (χ3v) is 2.33. The third kappa shape index (κ3) is 2.48. The van der Waals surface area contributed by atoms with Crippen molar-refractivity contribution in [2.24, 2.45) is 5.92 Å². The Bertz CT molecular complexity index is 154. The van der Waals surface area contributed by atoms with Crippen LogP contribution in [0.3, 0.4) is 0 Å². The fraction of sp³-hybridized carbons (Fsp3) is 0.889. The second kappa shape index (κ2) is 4.45. The van der Waals surface area contributed by atoms with Gasteiger partial charge >= 0.3 is 5.97 Å². The van der Waals surface area contributed by atoms with Crippen molar-refractivity contribution < 1.29 is 14.6 Å². The Morgan fingerprint density at radius 3 is 3.00 bits per heavy atom. The molecule has 3 nitrogen and oxygen atoms in total. The minimum atomic E-state index is -0.667. The summed E-state index contributed by atoms with van der Waals surface area (Å²) in [6.45, 7) is 2.70. The molecule has 1 aliphatic rings. The highest BCUT2D eigenvalue weighted by Gasteiger charge is 2.26. The molecule has 0 unspecified atom stereocenters. The van der Waals surface area contributed by atoms with Crippen molar-refractivity contribution in [1.82, 2.24) is 0 Å². The van der Waals surface area contributed by atoms with E-state index in [0.717, 1.165) is 12.8 Å². The van der Waals surface area contributed by atoms with Gasteiger partial charge in [-0.25, -0.2) is 0 Å². The van der Waals surface area contributed by atoms with Crippen LogP contribution in [-0.4, -0.2) is 23.8 Å². The van der Waals surface area contributed by atoms with Crippen LogP contribution in [0.15, 0.2) is 0 Å².